The van der Waals surface area contributed by atoms with Crippen LogP contribution in [-0.4, -0.2) is 15.1 Å². The van der Waals surface area contributed by atoms with Gasteiger partial charge in [0.15, 0.2) is 0 Å². The van der Waals surface area contributed by atoms with Crippen molar-refractivity contribution in [2.24, 2.45) is 0 Å². The Morgan fingerprint density at radius 3 is 2.56 bits per heavy atom. The van der Waals surface area contributed by atoms with Gasteiger partial charge in [0.05, 0.1) is 17.9 Å². The van der Waals surface area contributed by atoms with Gasteiger partial charge in [0.1, 0.15) is 0 Å². The first-order valence-corrected chi connectivity index (χ1v) is 5.09. The van der Waals surface area contributed by atoms with Gasteiger partial charge in [0.2, 0.25) is 0 Å². The van der Waals surface area contributed by atoms with Gasteiger partial charge in [-0.3, -0.25) is 9.97 Å². The molecule has 6 heteroatoms. The molecule has 0 amide bonds. The molecule has 0 aliphatic heterocycles. The second-order valence-corrected chi connectivity index (χ2v) is 3.62. The number of halogens is 3. The lowest BCUT2D eigenvalue weighted by molar-refractivity contribution is -0.137. The summed E-state index contributed by atoms with van der Waals surface area (Å²) in [5.41, 5.74) is 0.0649. The molecule has 0 saturated heterocycles. The van der Waals surface area contributed by atoms with Crippen LogP contribution in [0.3, 0.4) is 0 Å². The molecule has 1 N–H and O–H groups in total. The van der Waals surface area contributed by atoms with Gasteiger partial charge in [-0.1, -0.05) is 6.07 Å². The summed E-state index contributed by atoms with van der Waals surface area (Å²) < 4.78 is 37.8. The molecule has 0 fully saturated rings. The minimum atomic E-state index is -4.46. The topological polar surface area (TPSA) is 46.0 Å². The summed E-state index contributed by atoms with van der Waals surface area (Å²) in [6, 6.07) is 4.19. The van der Waals surface area contributed by atoms with Gasteiger partial charge in [-0.15, -0.1) is 0 Å². The second kappa shape index (κ2) is 4.73. The summed E-state index contributed by atoms with van der Waals surface area (Å²) in [5, 5.41) is 9.11. The van der Waals surface area contributed by atoms with Crippen LogP contribution in [0.5, 0.6) is 0 Å². The zero-order chi connectivity index (χ0) is 13.2. The van der Waals surface area contributed by atoms with Crippen molar-refractivity contribution in [3.05, 3.63) is 48.0 Å². The quantitative estimate of drug-likeness (QED) is 0.896. The van der Waals surface area contributed by atoms with Gasteiger partial charge < -0.3 is 5.11 Å². The molecular formula is C12H9F3N2O. The van der Waals surface area contributed by atoms with Gasteiger partial charge >= 0.3 is 6.18 Å². The third-order valence-electron chi connectivity index (χ3n) is 2.42. The number of alkyl halides is 3. The number of aromatic nitrogens is 2. The number of nitrogens with zero attached hydrogens (tertiary/aromatic N) is 2. The number of pyridine rings is 2. The Balaban J connectivity index is 2.57. The van der Waals surface area contributed by atoms with E-state index in [0.29, 0.717) is 11.8 Å². The van der Waals surface area contributed by atoms with Crippen molar-refractivity contribution in [1.29, 1.82) is 0 Å². The highest BCUT2D eigenvalue weighted by Crippen LogP contribution is 2.32. The minimum Gasteiger partial charge on any atom is -0.390 e. The van der Waals surface area contributed by atoms with Crippen LogP contribution in [0.4, 0.5) is 13.2 Å². The molecule has 0 bridgehead atoms. The molecule has 0 spiro atoms. The van der Waals surface area contributed by atoms with Crippen LogP contribution in [-0.2, 0) is 12.8 Å². The van der Waals surface area contributed by atoms with Gasteiger partial charge in [-0.05, 0) is 12.1 Å². The zero-order valence-electron chi connectivity index (χ0n) is 9.15. The van der Waals surface area contributed by atoms with E-state index in [1.807, 2.05) is 0 Å². The molecule has 0 atom stereocenters. The first-order valence-electron chi connectivity index (χ1n) is 5.09. The molecule has 94 valence electrons. The molecule has 3 nitrogen and oxygen atoms in total. The van der Waals surface area contributed by atoms with Crippen LogP contribution in [0.15, 0.2) is 36.8 Å². The van der Waals surface area contributed by atoms with E-state index in [2.05, 4.69) is 9.97 Å². The third-order valence-corrected chi connectivity index (χ3v) is 2.42. The van der Waals surface area contributed by atoms with Crippen LogP contribution in [0.25, 0.3) is 11.1 Å². The fourth-order valence-corrected chi connectivity index (χ4v) is 1.55. The fourth-order valence-electron chi connectivity index (χ4n) is 1.55. The Kier molecular flexibility index (Phi) is 3.29. The van der Waals surface area contributed by atoms with Crippen LogP contribution in [0, 0.1) is 0 Å². The Bertz CT molecular complexity index is 541. The maximum atomic E-state index is 12.6. The van der Waals surface area contributed by atoms with Gasteiger partial charge in [0, 0.05) is 29.7 Å². The number of rotatable bonds is 2. The molecule has 2 rings (SSSR count). The van der Waals surface area contributed by atoms with Crippen molar-refractivity contribution in [1.82, 2.24) is 9.97 Å². The van der Waals surface area contributed by atoms with Crippen LogP contribution < -0.4 is 0 Å². The predicted octanol–water partition coefficient (Wildman–Crippen LogP) is 2.65. The van der Waals surface area contributed by atoms with Crippen molar-refractivity contribution in [3.63, 3.8) is 0 Å². The van der Waals surface area contributed by atoms with Crippen molar-refractivity contribution in [3.8, 4) is 11.1 Å². The molecule has 0 saturated carbocycles. The van der Waals surface area contributed by atoms with E-state index in [9.17, 15) is 13.2 Å². The lowest BCUT2D eigenvalue weighted by Crippen LogP contribution is -2.07. The Morgan fingerprint density at radius 2 is 2.00 bits per heavy atom. The van der Waals surface area contributed by atoms with Crippen molar-refractivity contribution >= 4 is 0 Å². The monoisotopic (exact) mass is 254 g/mol. The van der Waals surface area contributed by atoms with Crippen molar-refractivity contribution in [2.75, 3.05) is 0 Å². The Morgan fingerprint density at radius 1 is 1.22 bits per heavy atom. The summed E-state index contributed by atoms with van der Waals surface area (Å²) in [6.07, 6.45) is -0.803. The molecule has 2 aromatic heterocycles. The molecule has 18 heavy (non-hydrogen) atoms. The smallest absolute Gasteiger partial charge is 0.390 e. The van der Waals surface area contributed by atoms with E-state index in [0.717, 1.165) is 6.07 Å². The summed E-state index contributed by atoms with van der Waals surface area (Å²) >= 11 is 0. The fraction of sp³-hybridized carbons (Fsp3) is 0.167. The number of aliphatic hydroxyl groups is 1. The first kappa shape index (κ1) is 12.5. The molecule has 0 aliphatic rings. The maximum absolute atomic E-state index is 12.6. The van der Waals surface area contributed by atoms with E-state index in [-0.39, 0.29) is 11.3 Å². The Labute approximate surface area is 101 Å². The second-order valence-electron chi connectivity index (χ2n) is 3.62. The molecular weight excluding hydrogens is 245 g/mol. The molecule has 0 unspecified atom stereocenters. The molecule has 2 aromatic rings. The van der Waals surface area contributed by atoms with Crippen molar-refractivity contribution in [2.45, 2.75) is 12.8 Å². The van der Waals surface area contributed by atoms with E-state index in [1.165, 1.54) is 12.4 Å². The average Bonchev–Trinajstić information content (AvgIpc) is 2.38. The van der Waals surface area contributed by atoms with E-state index >= 15 is 0 Å². The highest BCUT2D eigenvalue weighted by Gasteiger charge is 2.31. The van der Waals surface area contributed by atoms with Crippen LogP contribution in [0.2, 0.25) is 0 Å². The zero-order valence-corrected chi connectivity index (χ0v) is 9.15. The maximum Gasteiger partial charge on any atom is 0.417 e. The SMILES string of the molecule is OCc1ncc(C(F)(F)F)cc1-c1cccnc1. The van der Waals surface area contributed by atoms with Crippen molar-refractivity contribution < 1.29 is 18.3 Å². The average molecular weight is 254 g/mol. The largest absolute Gasteiger partial charge is 0.417 e. The van der Waals surface area contributed by atoms with Gasteiger partial charge in [-0.2, -0.15) is 13.2 Å². The summed E-state index contributed by atoms with van der Waals surface area (Å²) in [7, 11) is 0. The van der Waals surface area contributed by atoms with Gasteiger partial charge in [0.25, 0.3) is 0 Å². The molecule has 2 heterocycles. The number of hydrogen-bond donors (Lipinski definition) is 1. The lowest BCUT2D eigenvalue weighted by atomic mass is 10.0. The minimum absolute atomic E-state index is 0.191. The summed E-state index contributed by atoms with van der Waals surface area (Å²) in [6.45, 7) is -0.428. The van der Waals surface area contributed by atoms with Crippen LogP contribution in [0.1, 0.15) is 11.3 Å². The number of aliphatic hydroxyl groups excluding tert-OH is 1. The highest BCUT2D eigenvalue weighted by molar-refractivity contribution is 5.65. The molecule has 0 radical (unpaired) electrons. The summed E-state index contributed by atoms with van der Waals surface area (Å²) in [5.74, 6) is 0. The highest BCUT2D eigenvalue weighted by atomic mass is 19.4. The standard InChI is InChI=1S/C12H9F3N2O/c13-12(14,15)9-4-10(11(7-18)17-6-9)8-2-1-3-16-5-8/h1-6,18H,7H2. The lowest BCUT2D eigenvalue weighted by Gasteiger charge is -2.11. The van der Waals surface area contributed by atoms with E-state index in [1.54, 1.807) is 12.1 Å². The number of hydrogen-bond acceptors (Lipinski definition) is 3. The summed E-state index contributed by atoms with van der Waals surface area (Å²) in [4.78, 5) is 7.48. The van der Waals surface area contributed by atoms with Gasteiger partial charge in [-0.25, -0.2) is 0 Å². The molecule has 0 aliphatic carbocycles. The predicted molar refractivity (Wildman–Crippen MR) is 58.4 cm³/mol. The first-order chi connectivity index (χ1) is 8.52. The van der Waals surface area contributed by atoms with E-state index in [4.69, 9.17) is 5.11 Å². The van der Waals surface area contributed by atoms with Crippen LogP contribution >= 0.6 is 0 Å². The van der Waals surface area contributed by atoms with E-state index < -0.39 is 18.3 Å². The normalized spacial score (nSPS) is 11.6. The molecule has 0 aromatic carbocycles. The third kappa shape index (κ3) is 2.48. The Hall–Kier alpha value is -1.95.